The fourth-order valence-corrected chi connectivity index (χ4v) is 0. The third-order valence-electron chi connectivity index (χ3n) is 0.175. The van der Waals surface area contributed by atoms with Crippen LogP contribution in [0.15, 0.2) is 0 Å². The summed E-state index contributed by atoms with van der Waals surface area (Å²) in [7, 11) is 1.10. The Labute approximate surface area is 58.8 Å². The van der Waals surface area contributed by atoms with Gasteiger partial charge >= 0.3 is 29.2 Å². The zero-order valence-electron chi connectivity index (χ0n) is 4.47. The van der Waals surface area contributed by atoms with Crippen LogP contribution in [0.2, 0.25) is 0 Å². The molecule has 38 valence electrons. The van der Waals surface area contributed by atoms with Crippen LogP contribution in [0.5, 0.6) is 0 Å². The van der Waals surface area contributed by atoms with E-state index in [4.69, 9.17) is 9.90 Å². The van der Waals surface area contributed by atoms with Crippen LogP contribution in [0.4, 0.5) is 4.79 Å². The molecule has 1 N–H and O–H groups in total. The summed E-state index contributed by atoms with van der Waals surface area (Å²) in [6.07, 6.45) is -1.25. The molecule has 0 fully saturated rings. The zero-order chi connectivity index (χ0) is 4.28. The van der Waals surface area contributed by atoms with Crippen LogP contribution in [0.25, 0.3) is 0 Å². The maximum Gasteiger partial charge on any atom is 2.00 e. The Kier molecular flexibility index (Phi) is 21.1. The molecule has 0 aromatic heterocycles. The Morgan fingerprint density at radius 1 is 1.71 bits per heavy atom. The topological polar surface area (TPSA) is 46.5 Å². The molecule has 0 atom stereocenters. The number of hydrogen-bond acceptors (Lipinski definition) is 2. The normalized spacial score (nSPS) is 4.71. The molecule has 0 bridgehead atoms. The van der Waals surface area contributed by atoms with Crippen LogP contribution < -0.4 is 0 Å². The first-order valence-electron chi connectivity index (χ1n) is 1.04. The van der Waals surface area contributed by atoms with Gasteiger partial charge < -0.3 is 17.3 Å². The van der Waals surface area contributed by atoms with E-state index in [2.05, 4.69) is 4.74 Å². The molecule has 0 unspecified atom stereocenters. The van der Waals surface area contributed by atoms with Crippen LogP contribution in [0, 0.1) is 7.43 Å². The standard InChI is InChI=1S/C2H4O3.CH3.Mg/c1-5-2(3)4;;/h1H3,(H,3,4);1H3;/q;-1;+2. The maximum atomic E-state index is 9.15. The fraction of sp³-hybridized carbons (Fsp3) is 0.333. The molecule has 0 aliphatic carbocycles. The fourth-order valence-electron chi connectivity index (χ4n) is 0. The van der Waals surface area contributed by atoms with Crippen molar-refractivity contribution >= 4 is 29.2 Å². The van der Waals surface area contributed by atoms with Gasteiger partial charge in [0.05, 0.1) is 7.11 Å². The predicted molar refractivity (Wildman–Crippen MR) is 27.2 cm³/mol. The van der Waals surface area contributed by atoms with Gasteiger partial charge in [-0.15, -0.1) is 0 Å². The first-order chi connectivity index (χ1) is 2.27. The minimum absolute atomic E-state index is 0. The molecule has 0 aromatic carbocycles. The summed E-state index contributed by atoms with van der Waals surface area (Å²) in [5, 5.41) is 7.50. The van der Waals surface area contributed by atoms with Crippen LogP contribution >= 0.6 is 0 Å². The molecule has 0 amide bonds. The Morgan fingerprint density at radius 3 is 1.86 bits per heavy atom. The van der Waals surface area contributed by atoms with E-state index >= 15 is 0 Å². The number of ether oxygens (including phenoxy) is 1. The third-order valence-corrected chi connectivity index (χ3v) is 0.175. The second-order valence-electron chi connectivity index (χ2n) is 0.470. The molecular formula is C3H7MgO3+. The van der Waals surface area contributed by atoms with Gasteiger partial charge in [-0.25, -0.2) is 4.79 Å². The monoisotopic (exact) mass is 115 g/mol. The van der Waals surface area contributed by atoms with E-state index in [0.29, 0.717) is 0 Å². The van der Waals surface area contributed by atoms with E-state index in [-0.39, 0.29) is 30.5 Å². The number of rotatable bonds is 0. The van der Waals surface area contributed by atoms with E-state index in [0.717, 1.165) is 7.11 Å². The molecule has 0 saturated heterocycles. The summed E-state index contributed by atoms with van der Waals surface area (Å²) in [5.41, 5.74) is 0. The Balaban J connectivity index is -0.0000000800. The van der Waals surface area contributed by atoms with Crippen molar-refractivity contribution in [2.24, 2.45) is 0 Å². The molecule has 0 rings (SSSR count). The number of methoxy groups -OCH3 is 1. The second-order valence-corrected chi connectivity index (χ2v) is 0.470. The summed E-state index contributed by atoms with van der Waals surface area (Å²) < 4.78 is 3.67. The van der Waals surface area contributed by atoms with E-state index in [1.807, 2.05) is 0 Å². The van der Waals surface area contributed by atoms with Crippen molar-refractivity contribution < 1.29 is 14.6 Å². The average Bonchev–Trinajstić information content (AvgIpc) is 1.38. The minimum atomic E-state index is -1.25. The molecule has 0 saturated carbocycles. The van der Waals surface area contributed by atoms with Crippen LogP contribution in [-0.2, 0) is 4.74 Å². The van der Waals surface area contributed by atoms with E-state index in [9.17, 15) is 0 Å². The van der Waals surface area contributed by atoms with Crippen molar-refractivity contribution in [3.8, 4) is 0 Å². The van der Waals surface area contributed by atoms with Gasteiger partial charge in [0.15, 0.2) is 0 Å². The molecule has 7 heavy (non-hydrogen) atoms. The van der Waals surface area contributed by atoms with Gasteiger partial charge in [0.1, 0.15) is 0 Å². The van der Waals surface area contributed by atoms with Crippen molar-refractivity contribution in [2.45, 2.75) is 0 Å². The summed E-state index contributed by atoms with van der Waals surface area (Å²) in [4.78, 5) is 9.15. The van der Waals surface area contributed by atoms with Gasteiger partial charge in [0.25, 0.3) is 0 Å². The average molecular weight is 115 g/mol. The van der Waals surface area contributed by atoms with Crippen molar-refractivity contribution in [3.05, 3.63) is 7.43 Å². The minimum Gasteiger partial charge on any atom is -0.450 e. The molecule has 0 aliphatic rings. The molecule has 4 heteroatoms. The van der Waals surface area contributed by atoms with E-state index in [1.54, 1.807) is 0 Å². The van der Waals surface area contributed by atoms with E-state index in [1.165, 1.54) is 0 Å². The van der Waals surface area contributed by atoms with Crippen molar-refractivity contribution in [1.29, 1.82) is 0 Å². The SMILES string of the molecule is COC(=O)O.[CH3-].[Mg+2]. The first kappa shape index (κ1) is 15.7. The largest absolute Gasteiger partial charge is 2.00 e. The van der Waals surface area contributed by atoms with Gasteiger partial charge in [0, 0.05) is 0 Å². The van der Waals surface area contributed by atoms with Crippen molar-refractivity contribution in [3.63, 3.8) is 0 Å². The van der Waals surface area contributed by atoms with Crippen LogP contribution in [0.1, 0.15) is 0 Å². The van der Waals surface area contributed by atoms with Gasteiger partial charge in [-0.3, -0.25) is 0 Å². The first-order valence-corrected chi connectivity index (χ1v) is 1.04. The maximum absolute atomic E-state index is 9.15. The third kappa shape index (κ3) is 23.7. The Hall–Kier alpha value is 0.0362. The van der Waals surface area contributed by atoms with Gasteiger partial charge in [0.2, 0.25) is 0 Å². The smallest absolute Gasteiger partial charge is 0.450 e. The second kappa shape index (κ2) is 9.40. The van der Waals surface area contributed by atoms with E-state index < -0.39 is 6.16 Å². The van der Waals surface area contributed by atoms with Crippen LogP contribution in [0.3, 0.4) is 0 Å². The number of carboxylic acid groups (broad SMARTS) is 1. The number of carbonyl (C=O) groups is 1. The van der Waals surface area contributed by atoms with Gasteiger partial charge in [-0.2, -0.15) is 0 Å². The number of hydrogen-bond donors (Lipinski definition) is 1. The molecule has 0 heterocycles. The zero-order valence-corrected chi connectivity index (χ0v) is 5.89. The van der Waals surface area contributed by atoms with Crippen LogP contribution in [-0.4, -0.2) is 41.4 Å². The van der Waals surface area contributed by atoms with Crippen molar-refractivity contribution in [2.75, 3.05) is 7.11 Å². The summed E-state index contributed by atoms with van der Waals surface area (Å²) in [5.74, 6) is 0. The quantitative estimate of drug-likeness (QED) is 0.282. The van der Waals surface area contributed by atoms with Crippen molar-refractivity contribution in [1.82, 2.24) is 0 Å². The summed E-state index contributed by atoms with van der Waals surface area (Å²) in [6.45, 7) is 0. The van der Waals surface area contributed by atoms with Gasteiger partial charge in [-0.05, 0) is 0 Å². The molecule has 0 radical (unpaired) electrons. The summed E-state index contributed by atoms with van der Waals surface area (Å²) >= 11 is 0. The Bertz CT molecular complexity index is 45.4. The molecule has 0 aromatic rings. The molecule has 0 aliphatic heterocycles. The molecule has 0 spiro atoms. The van der Waals surface area contributed by atoms with Gasteiger partial charge in [-0.1, -0.05) is 0 Å². The molecule has 3 nitrogen and oxygen atoms in total. The summed E-state index contributed by atoms with van der Waals surface area (Å²) in [6, 6.07) is 0. The predicted octanol–water partition coefficient (Wildman–Crippen LogP) is 0.380. The Morgan fingerprint density at radius 2 is 1.86 bits per heavy atom. The molecular weight excluding hydrogens is 108 g/mol.